The van der Waals surface area contributed by atoms with Gasteiger partial charge >= 0.3 is 0 Å². The molecule has 0 N–H and O–H groups in total. The van der Waals surface area contributed by atoms with Crippen molar-refractivity contribution < 1.29 is 9.59 Å². The third kappa shape index (κ3) is 1.58. The van der Waals surface area contributed by atoms with Crippen LogP contribution in [0.4, 0.5) is 0 Å². The number of carbonyl (C=O) groups is 2. The van der Waals surface area contributed by atoms with Crippen LogP contribution in [0, 0.1) is 11.8 Å². The molecule has 2 aliphatic rings. The summed E-state index contributed by atoms with van der Waals surface area (Å²) in [5.74, 6) is 0.116. The van der Waals surface area contributed by atoms with E-state index in [1.54, 1.807) is 0 Å². The van der Waals surface area contributed by atoms with Crippen LogP contribution in [0.1, 0.15) is 46.5 Å². The van der Waals surface area contributed by atoms with Crippen molar-refractivity contribution in [2.45, 2.75) is 52.0 Å². The van der Waals surface area contributed by atoms with E-state index in [1.807, 2.05) is 20.8 Å². The van der Waals surface area contributed by atoms with Crippen LogP contribution >= 0.6 is 0 Å². The van der Waals surface area contributed by atoms with Crippen molar-refractivity contribution >= 4 is 11.8 Å². The summed E-state index contributed by atoms with van der Waals surface area (Å²) in [5.41, 5.74) is -0.356. The smallest absolute Gasteiger partial charge is 0.233 e. The highest BCUT2D eigenvalue weighted by molar-refractivity contribution is 6.05. The molecule has 2 rings (SSSR count). The lowest BCUT2D eigenvalue weighted by molar-refractivity contribution is -0.145. The van der Waals surface area contributed by atoms with Crippen LogP contribution in [0.3, 0.4) is 0 Å². The normalized spacial score (nSPS) is 32.1. The van der Waals surface area contributed by atoms with Gasteiger partial charge in [-0.3, -0.25) is 14.5 Å². The molecule has 3 heteroatoms. The molecule has 0 aromatic carbocycles. The molecule has 0 aromatic rings. The third-order valence-electron chi connectivity index (χ3n) is 3.51. The Hall–Kier alpha value is -0.860. The Balaban J connectivity index is 2.29. The van der Waals surface area contributed by atoms with Gasteiger partial charge in [0.25, 0.3) is 0 Å². The molecule has 1 aliphatic carbocycles. The van der Waals surface area contributed by atoms with Gasteiger partial charge < -0.3 is 0 Å². The number of nitrogens with zero attached hydrogens (tertiary/aromatic N) is 1. The fourth-order valence-electron chi connectivity index (χ4n) is 2.82. The second-order valence-corrected chi connectivity index (χ2v) is 5.68. The minimum absolute atomic E-state index is 0.00882. The molecule has 0 radical (unpaired) electrons. The molecule has 2 amide bonds. The van der Waals surface area contributed by atoms with Gasteiger partial charge in [0.1, 0.15) is 0 Å². The Morgan fingerprint density at radius 2 is 1.40 bits per heavy atom. The van der Waals surface area contributed by atoms with E-state index >= 15 is 0 Å². The average Bonchev–Trinajstić information content (AvgIpc) is 2.39. The van der Waals surface area contributed by atoms with Crippen LogP contribution in [0.15, 0.2) is 0 Å². The van der Waals surface area contributed by atoms with Gasteiger partial charge in [-0.15, -0.1) is 0 Å². The number of hydrogen-bond donors (Lipinski definition) is 0. The Morgan fingerprint density at radius 1 is 1.00 bits per heavy atom. The highest BCUT2D eigenvalue weighted by atomic mass is 16.2. The first-order valence-electron chi connectivity index (χ1n) is 5.81. The van der Waals surface area contributed by atoms with E-state index in [4.69, 9.17) is 0 Å². The van der Waals surface area contributed by atoms with Gasteiger partial charge in [-0.05, 0) is 33.6 Å². The van der Waals surface area contributed by atoms with Crippen LogP contribution in [-0.2, 0) is 9.59 Å². The van der Waals surface area contributed by atoms with Crippen molar-refractivity contribution in [3.05, 3.63) is 0 Å². The second-order valence-electron chi connectivity index (χ2n) is 5.68. The van der Waals surface area contributed by atoms with Gasteiger partial charge in [0, 0.05) is 5.54 Å². The highest BCUT2D eigenvalue weighted by Gasteiger charge is 2.51. The first-order valence-corrected chi connectivity index (χ1v) is 5.81. The number of hydrogen-bond acceptors (Lipinski definition) is 2. The Bertz CT molecular complexity index is 279. The van der Waals surface area contributed by atoms with Crippen molar-refractivity contribution in [3.8, 4) is 0 Å². The number of carbonyl (C=O) groups excluding carboxylic acids is 2. The molecule has 1 heterocycles. The van der Waals surface area contributed by atoms with Crippen molar-refractivity contribution in [2.75, 3.05) is 0 Å². The fraction of sp³-hybridized carbons (Fsp3) is 0.833. The summed E-state index contributed by atoms with van der Waals surface area (Å²) in [6.07, 6.45) is 4.00. The quantitative estimate of drug-likeness (QED) is 0.572. The molecule has 1 aliphatic heterocycles. The van der Waals surface area contributed by atoms with E-state index in [-0.39, 0.29) is 29.2 Å². The lowest BCUT2D eigenvalue weighted by Crippen LogP contribution is -2.45. The maximum atomic E-state index is 12.1. The predicted molar refractivity (Wildman–Crippen MR) is 57.1 cm³/mol. The summed E-state index contributed by atoms with van der Waals surface area (Å²) in [5, 5.41) is 0. The lowest BCUT2D eigenvalue weighted by atomic mass is 9.81. The van der Waals surface area contributed by atoms with E-state index in [2.05, 4.69) is 0 Å². The van der Waals surface area contributed by atoms with Gasteiger partial charge in [0.15, 0.2) is 0 Å². The monoisotopic (exact) mass is 209 g/mol. The van der Waals surface area contributed by atoms with Crippen LogP contribution in [0.5, 0.6) is 0 Å². The van der Waals surface area contributed by atoms with Crippen molar-refractivity contribution in [2.24, 2.45) is 11.8 Å². The van der Waals surface area contributed by atoms with Crippen molar-refractivity contribution in [1.29, 1.82) is 0 Å². The number of fused-ring (bicyclic) bond motifs is 1. The first-order chi connectivity index (χ1) is 6.93. The minimum atomic E-state index is -0.356. The minimum Gasteiger partial charge on any atom is -0.277 e. The van der Waals surface area contributed by atoms with Crippen LogP contribution in [-0.4, -0.2) is 22.3 Å². The molecule has 3 nitrogen and oxygen atoms in total. The van der Waals surface area contributed by atoms with E-state index in [0.717, 1.165) is 25.7 Å². The summed E-state index contributed by atoms with van der Waals surface area (Å²) in [4.78, 5) is 25.7. The molecule has 1 saturated carbocycles. The molecule has 84 valence electrons. The molecular weight excluding hydrogens is 190 g/mol. The summed E-state index contributed by atoms with van der Waals surface area (Å²) >= 11 is 0. The molecule has 2 atom stereocenters. The average molecular weight is 209 g/mol. The first kappa shape index (κ1) is 10.7. The molecule has 1 saturated heterocycles. The number of imide groups is 1. The highest BCUT2D eigenvalue weighted by Crippen LogP contribution is 2.40. The second kappa shape index (κ2) is 3.32. The molecular formula is C12H19NO2. The molecule has 15 heavy (non-hydrogen) atoms. The summed E-state index contributed by atoms with van der Waals surface area (Å²) in [7, 11) is 0. The van der Waals surface area contributed by atoms with E-state index in [0.29, 0.717) is 0 Å². The summed E-state index contributed by atoms with van der Waals surface area (Å²) in [6, 6.07) is 0. The maximum absolute atomic E-state index is 12.1. The zero-order chi connectivity index (χ0) is 11.2. The Morgan fingerprint density at radius 3 is 1.73 bits per heavy atom. The molecule has 2 fully saturated rings. The van der Waals surface area contributed by atoms with E-state index in [1.165, 1.54) is 4.90 Å². The zero-order valence-electron chi connectivity index (χ0n) is 9.75. The predicted octanol–water partition coefficient (Wildman–Crippen LogP) is 1.96. The van der Waals surface area contributed by atoms with Gasteiger partial charge in [-0.25, -0.2) is 0 Å². The van der Waals surface area contributed by atoms with Crippen LogP contribution in [0.25, 0.3) is 0 Å². The van der Waals surface area contributed by atoms with E-state index < -0.39 is 0 Å². The SMILES string of the molecule is CC(C)(C)N1C(=O)C2CCCCC2C1=O. The molecule has 2 unspecified atom stereocenters. The fourth-order valence-corrected chi connectivity index (χ4v) is 2.82. The Labute approximate surface area is 90.8 Å². The van der Waals surface area contributed by atoms with Gasteiger partial charge in [-0.2, -0.15) is 0 Å². The molecule has 0 aromatic heterocycles. The van der Waals surface area contributed by atoms with Gasteiger partial charge in [0.2, 0.25) is 11.8 Å². The molecule has 0 bridgehead atoms. The largest absolute Gasteiger partial charge is 0.277 e. The van der Waals surface area contributed by atoms with Gasteiger partial charge in [0.05, 0.1) is 11.8 Å². The lowest BCUT2D eigenvalue weighted by Gasteiger charge is -2.30. The zero-order valence-corrected chi connectivity index (χ0v) is 9.75. The summed E-state index contributed by atoms with van der Waals surface area (Å²) < 4.78 is 0. The van der Waals surface area contributed by atoms with E-state index in [9.17, 15) is 9.59 Å². The number of rotatable bonds is 0. The maximum Gasteiger partial charge on any atom is 0.233 e. The number of likely N-dealkylation sites (tertiary alicyclic amines) is 1. The Kier molecular flexibility index (Phi) is 2.36. The van der Waals surface area contributed by atoms with Crippen molar-refractivity contribution in [3.63, 3.8) is 0 Å². The topological polar surface area (TPSA) is 37.4 Å². The standard InChI is InChI=1S/C12H19NO2/c1-12(2,3)13-10(14)8-6-4-5-7-9(8)11(13)15/h8-9H,4-7H2,1-3H3. The molecule has 0 spiro atoms. The van der Waals surface area contributed by atoms with Crippen molar-refractivity contribution in [1.82, 2.24) is 4.90 Å². The number of amides is 2. The van der Waals surface area contributed by atoms with Crippen LogP contribution in [0.2, 0.25) is 0 Å². The van der Waals surface area contributed by atoms with Gasteiger partial charge in [-0.1, -0.05) is 12.8 Å². The summed E-state index contributed by atoms with van der Waals surface area (Å²) in [6.45, 7) is 5.79. The van der Waals surface area contributed by atoms with Crippen LogP contribution < -0.4 is 0 Å². The third-order valence-corrected chi connectivity index (χ3v) is 3.51.